The van der Waals surface area contributed by atoms with Crippen molar-refractivity contribution in [3.8, 4) is 33.0 Å². The quantitative estimate of drug-likeness (QED) is 0.253. The molecule has 0 amide bonds. The average Bonchev–Trinajstić information content (AvgIpc) is 3.23. The van der Waals surface area contributed by atoms with Gasteiger partial charge in [0.25, 0.3) is 0 Å². The summed E-state index contributed by atoms with van der Waals surface area (Å²) in [6.45, 7) is 0. The molecule has 2 nitrogen and oxygen atoms in total. The minimum atomic E-state index is -1.88. The number of benzene rings is 3. The van der Waals surface area contributed by atoms with E-state index in [1.165, 1.54) is 14.7 Å². The number of rotatable bonds is 4. The van der Waals surface area contributed by atoms with E-state index in [9.17, 15) is 0 Å². The van der Waals surface area contributed by atoms with E-state index in [-0.39, 0.29) is 0 Å². The summed E-state index contributed by atoms with van der Waals surface area (Å²) >= 11 is -0.134. The number of hydrogen-bond acceptors (Lipinski definition) is 3. The first-order valence-corrected chi connectivity index (χ1v) is 18.7. The third-order valence-electron chi connectivity index (χ3n) is 5.53. The zero-order valence-corrected chi connectivity index (χ0v) is 20.9. The molecule has 0 saturated heterocycles. The van der Waals surface area contributed by atoms with Gasteiger partial charge in [-0.05, 0) is 0 Å². The van der Waals surface area contributed by atoms with Gasteiger partial charge in [-0.2, -0.15) is 0 Å². The summed E-state index contributed by atoms with van der Waals surface area (Å²) in [7, 11) is 0. The molecular formula is C27H24GeN2S. The van der Waals surface area contributed by atoms with Crippen molar-refractivity contribution >= 4 is 39.2 Å². The number of aromatic nitrogens is 2. The van der Waals surface area contributed by atoms with E-state index in [0.717, 1.165) is 32.9 Å². The summed E-state index contributed by atoms with van der Waals surface area (Å²) in [6.07, 6.45) is 2.09. The molecule has 5 rings (SSSR count). The number of thiazole rings is 1. The second kappa shape index (κ2) is 8.06. The molecule has 0 aliphatic carbocycles. The van der Waals surface area contributed by atoms with Crippen LogP contribution in [0.25, 0.3) is 43.2 Å². The van der Waals surface area contributed by atoms with E-state index < -0.39 is 13.3 Å². The van der Waals surface area contributed by atoms with Crippen molar-refractivity contribution in [2.24, 2.45) is 0 Å². The fourth-order valence-electron chi connectivity index (χ4n) is 3.73. The van der Waals surface area contributed by atoms with Gasteiger partial charge in [0.1, 0.15) is 0 Å². The number of nitrogens with zero attached hydrogens (tertiary/aromatic N) is 2. The fraction of sp³-hybridized carbons (Fsp3) is 0.111. The van der Waals surface area contributed by atoms with Crippen LogP contribution in [0.1, 0.15) is 0 Å². The Labute approximate surface area is 190 Å². The Morgan fingerprint density at radius 1 is 0.710 bits per heavy atom. The van der Waals surface area contributed by atoms with Crippen molar-refractivity contribution in [3.63, 3.8) is 0 Å². The topological polar surface area (TPSA) is 25.8 Å². The monoisotopic (exact) mass is 482 g/mol. The van der Waals surface area contributed by atoms with Gasteiger partial charge in [-0.15, -0.1) is 0 Å². The molecule has 0 bridgehead atoms. The van der Waals surface area contributed by atoms with E-state index in [1.54, 1.807) is 11.3 Å². The second-order valence-corrected chi connectivity index (χ2v) is 20.5. The predicted molar refractivity (Wildman–Crippen MR) is 137 cm³/mol. The first-order valence-electron chi connectivity index (χ1n) is 10.5. The van der Waals surface area contributed by atoms with Crippen LogP contribution in [0.3, 0.4) is 0 Å². The summed E-state index contributed by atoms with van der Waals surface area (Å²) in [5, 5.41) is 1.05. The minimum absolute atomic E-state index is 1.02. The number of hydrogen-bond donors (Lipinski definition) is 0. The van der Waals surface area contributed by atoms with E-state index in [2.05, 4.69) is 102 Å². The molecular weight excluding hydrogens is 457 g/mol. The summed E-state index contributed by atoms with van der Waals surface area (Å²) < 4.78 is 2.62. The Hall–Kier alpha value is -2.76. The van der Waals surface area contributed by atoms with Crippen LogP contribution in [0.2, 0.25) is 17.3 Å². The summed E-state index contributed by atoms with van der Waals surface area (Å²) in [5.41, 5.74) is 6.71. The van der Waals surface area contributed by atoms with Crippen LogP contribution in [0, 0.1) is 0 Å². The maximum absolute atomic E-state index is 5.05. The van der Waals surface area contributed by atoms with Crippen LogP contribution in [-0.2, 0) is 0 Å². The van der Waals surface area contributed by atoms with Crippen LogP contribution in [-0.4, -0.2) is 23.2 Å². The van der Waals surface area contributed by atoms with Gasteiger partial charge >= 0.3 is 184 Å². The third kappa shape index (κ3) is 4.08. The van der Waals surface area contributed by atoms with Gasteiger partial charge in [-0.3, -0.25) is 0 Å². The van der Waals surface area contributed by atoms with Crippen LogP contribution in [0.5, 0.6) is 0 Å². The van der Waals surface area contributed by atoms with Gasteiger partial charge in [0, 0.05) is 0 Å². The Bertz CT molecular complexity index is 1340. The Balaban J connectivity index is 1.69. The van der Waals surface area contributed by atoms with Crippen LogP contribution >= 0.6 is 11.3 Å². The molecule has 0 aliphatic rings. The summed E-state index contributed by atoms with van der Waals surface area (Å²) in [6, 6.07) is 29.9. The second-order valence-electron chi connectivity index (χ2n) is 8.80. The molecule has 0 radical (unpaired) electrons. The standard InChI is InChI=1S/C27H24GeN2S/c1-28(2,3)22-14-15-24(29-18-22)21-16-23(19-10-6-4-7-11-19)26-25(17-21)31-27(30-26)20-12-8-5-9-13-20/h4-18H,1-3H3. The molecule has 0 atom stereocenters. The molecule has 2 aromatic heterocycles. The van der Waals surface area contributed by atoms with Gasteiger partial charge in [0.2, 0.25) is 0 Å². The molecule has 0 N–H and O–H groups in total. The Kier molecular flexibility index (Phi) is 5.24. The van der Waals surface area contributed by atoms with Gasteiger partial charge < -0.3 is 0 Å². The maximum atomic E-state index is 5.05. The molecule has 0 aliphatic heterocycles. The third-order valence-corrected chi connectivity index (χ3v) is 10.8. The van der Waals surface area contributed by atoms with E-state index in [1.807, 2.05) is 6.07 Å². The molecule has 5 aromatic rings. The predicted octanol–water partition coefficient (Wildman–Crippen LogP) is 7.24. The summed E-state index contributed by atoms with van der Waals surface area (Å²) in [5.74, 6) is 7.20. The number of fused-ring (bicyclic) bond motifs is 1. The van der Waals surface area contributed by atoms with Crippen molar-refractivity contribution < 1.29 is 0 Å². The van der Waals surface area contributed by atoms with Crippen molar-refractivity contribution in [1.29, 1.82) is 0 Å². The van der Waals surface area contributed by atoms with Crippen molar-refractivity contribution in [1.82, 2.24) is 9.97 Å². The SMILES string of the molecule is [CH3][Ge]([CH3])([CH3])[c]1ccc(-c2cc(-c3ccccc3)c3nc(-c4ccccc4)sc3c2)nc1. The van der Waals surface area contributed by atoms with Gasteiger partial charge in [-0.1, -0.05) is 6.07 Å². The molecule has 0 spiro atoms. The van der Waals surface area contributed by atoms with Gasteiger partial charge in [-0.25, -0.2) is 0 Å². The van der Waals surface area contributed by atoms with Crippen LogP contribution in [0.15, 0.2) is 91.1 Å². The molecule has 152 valence electrons. The first kappa shape index (κ1) is 20.2. The first-order chi connectivity index (χ1) is 15.0. The van der Waals surface area contributed by atoms with E-state index >= 15 is 0 Å². The summed E-state index contributed by atoms with van der Waals surface area (Å²) in [4.78, 5) is 9.90. The van der Waals surface area contributed by atoms with Crippen molar-refractivity contribution in [3.05, 3.63) is 91.1 Å². The molecule has 3 aromatic carbocycles. The molecule has 0 fully saturated rings. The van der Waals surface area contributed by atoms with Gasteiger partial charge in [0.05, 0.1) is 0 Å². The molecule has 0 saturated carbocycles. The Morgan fingerprint density at radius 2 is 1.39 bits per heavy atom. The van der Waals surface area contributed by atoms with E-state index in [0.29, 0.717) is 0 Å². The number of pyridine rings is 1. The van der Waals surface area contributed by atoms with Gasteiger partial charge in [0.15, 0.2) is 0 Å². The zero-order chi connectivity index (χ0) is 21.4. The van der Waals surface area contributed by atoms with Crippen molar-refractivity contribution in [2.75, 3.05) is 0 Å². The molecule has 31 heavy (non-hydrogen) atoms. The van der Waals surface area contributed by atoms with Crippen LogP contribution < -0.4 is 4.40 Å². The molecule has 2 heterocycles. The molecule has 4 heteroatoms. The Morgan fingerprint density at radius 3 is 2.00 bits per heavy atom. The van der Waals surface area contributed by atoms with Crippen molar-refractivity contribution in [2.45, 2.75) is 17.3 Å². The fourth-order valence-corrected chi connectivity index (χ4v) is 6.94. The molecule has 0 unspecified atom stereocenters. The normalized spacial score (nSPS) is 11.7. The average molecular weight is 481 g/mol. The van der Waals surface area contributed by atoms with Crippen LogP contribution in [0.4, 0.5) is 0 Å². The zero-order valence-electron chi connectivity index (χ0n) is 18.0. The van der Waals surface area contributed by atoms with E-state index in [4.69, 9.17) is 9.97 Å².